The zero-order chi connectivity index (χ0) is 22.6. The SMILES string of the molecule is NS(=O)(=O)c1cc2c(cc1F)CC1CCN(c3ccc(-c4ncccc4F)cc3)C(=O)N21. The van der Waals surface area contributed by atoms with Crippen molar-refractivity contribution in [2.24, 2.45) is 5.14 Å². The van der Waals surface area contributed by atoms with Gasteiger partial charge in [-0.05, 0) is 54.8 Å². The molecule has 2 aromatic carbocycles. The van der Waals surface area contributed by atoms with Gasteiger partial charge in [0, 0.05) is 30.0 Å². The Hall–Kier alpha value is -3.37. The number of pyridine rings is 1. The van der Waals surface area contributed by atoms with Gasteiger partial charge in [0.2, 0.25) is 10.0 Å². The number of sulfonamides is 1. The minimum atomic E-state index is -4.27. The van der Waals surface area contributed by atoms with E-state index in [4.69, 9.17) is 5.14 Å². The van der Waals surface area contributed by atoms with Crippen molar-refractivity contribution in [3.05, 3.63) is 71.9 Å². The number of nitrogens with zero attached hydrogens (tertiary/aromatic N) is 3. The van der Waals surface area contributed by atoms with E-state index in [-0.39, 0.29) is 17.8 Å². The number of carbonyl (C=O) groups excluding carboxylic acids is 1. The Morgan fingerprint density at radius 3 is 2.50 bits per heavy atom. The number of hydrogen-bond donors (Lipinski definition) is 1. The van der Waals surface area contributed by atoms with E-state index < -0.39 is 26.6 Å². The molecule has 2 amide bonds. The fraction of sp³-hybridized carbons (Fsp3) is 0.182. The minimum absolute atomic E-state index is 0.189. The molecule has 7 nitrogen and oxygen atoms in total. The Labute approximate surface area is 183 Å². The highest BCUT2D eigenvalue weighted by Gasteiger charge is 2.41. The molecular weight excluding hydrogens is 438 g/mol. The molecule has 5 rings (SSSR count). The Balaban J connectivity index is 1.47. The number of hydrogen-bond acceptors (Lipinski definition) is 4. The third-order valence-electron chi connectivity index (χ3n) is 5.85. The maximum absolute atomic E-state index is 14.3. The Bertz CT molecular complexity index is 1350. The van der Waals surface area contributed by atoms with Gasteiger partial charge in [-0.25, -0.2) is 27.1 Å². The molecule has 164 valence electrons. The summed E-state index contributed by atoms with van der Waals surface area (Å²) in [6, 6.07) is 11.4. The third kappa shape index (κ3) is 3.32. The zero-order valence-electron chi connectivity index (χ0n) is 16.7. The summed E-state index contributed by atoms with van der Waals surface area (Å²) in [4.78, 5) is 19.8. The zero-order valence-corrected chi connectivity index (χ0v) is 17.5. The predicted octanol–water partition coefficient (Wildman–Crippen LogP) is 3.44. The molecule has 0 spiro atoms. The summed E-state index contributed by atoms with van der Waals surface area (Å²) in [5.74, 6) is -1.36. The van der Waals surface area contributed by atoms with Gasteiger partial charge in [0.15, 0.2) is 0 Å². The fourth-order valence-electron chi connectivity index (χ4n) is 4.36. The first-order chi connectivity index (χ1) is 15.2. The quantitative estimate of drug-likeness (QED) is 0.653. The smallest absolute Gasteiger partial charge is 0.294 e. The lowest BCUT2D eigenvalue weighted by molar-refractivity contribution is 0.245. The van der Waals surface area contributed by atoms with E-state index in [1.165, 1.54) is 23.2 Å². The van der Waals surface area contributed by atoms with E-state index in [0.717, 1.165) is 12.1 Å². The first-order valence-corrected chi connectivity index (χ1v) is 11.5. The number of carbonyl (C=O) groups is 1. The molecule has 3 aromatic rings. The summed E-state index contributed by atoms with van der Waals surface area (Å²) in [5.41, 5.74) is 2.32. The Morgan fingerprint density at radius 1 is 1.06 bits per heavy atom. The van der Waals surface area contributed by atoms with Crippen LogP contribution in [0, 0.1) is 11.6 Å². The van der Waals surface area contributed by atoms with Crippen LogP contribution >= 0.6 is 0 Å². The highest BCUT2D eigenvalue weighted by molar-refractivity contribution is 7.89. The highest BCUT2D eigenvalue weighted by atomic mass is 32.2. The third-order valence-corrected chi connectivity index (χ3v) is 6.78. The topological polar surface area (TPSA) is 96.6 Å². The average molecular weight is 456 g/mol. The molecule has 10 heteroatoms. The number of halogens is 2. The average Bonchev–Trinajstić information content (AvgIpc) is 3.11. The van der Waals surface area contributed by atoms with Crippen LogP contribution in [0.2, 0.25) is 0 Å². The number of aromatic nitrogens is 1. The van der Waals surface area contributed by atoms with Crippen molar-refractivity contribution in [2.75, 3.05) is 16.3 Å². The van der Waals surface area contributed by atoms with E-state index in [1.807, 2.05) is 0 Å². The lowest BCUT2D eigenvalue weighted by Crippen LogP contribution is -2.53. The summed E-state index contributed by atoms with van der Waals surface area (Å²) in [7, 11) is -4.27. The highest BCUT2D eigenvalue weighted by Crippen LogP contribution is 2.40. The van der Waals surface area contributed by atoms with Crippen molar-refractivity contribution < 1.29 is 22.0 Å². The monoisotopic (exact) mass is 456 g/mol. The molecule has 0 bridgehead atoms. The van der Waals surface area contributed by atoms with Gasteiger partial charge in [-0.15, -0.1) is 0 Å². The molecule has 1 saturated heterocycles. The minimum Gasteiger partial charge on any atom is -0.294 e. The van der Waals surface area contributed by atoms with Crippen LogP contribution in [0.15, 0.2) is 59.6 Å². The van der Waals surface area contributed by atoms with Crippen LogP contribution in [0.4, 0.5) is 25.0 Å². The van der Waals surface area contributed by atoms with E-state index >= 15 is 0 Å². The van der Waals surface area contributed by atoms with Gasteiger partial charge in [-0.2, -0.15) is 0 Å². The van der Waals surface area contributed by atoms with E-state index in [0.29, 0.717) is 41.9 Å². The molecule has 3 heterocycles. The first-order valence-electron chi connectivity index (χ1n) is 9.91. The van der Waals surface area contributed by atoms with Crippen LogP contribution in [0.3, 0.4) is 0 Å². The van der Waals surface area contributed by atoms with Crippen LogP contribution in [0.25, 0.3) is 11.3 Å². The lowest BCUT2D eigenvalue weighted by Gasteiger charge is -2.38. The van der Waals surface area contributed by atoms with E-state index in [9.17, 15) is 22.0 Å². The van der Waals surface area contributed by atoms with Gasteiger partial charge >= 0.3 is 6.03 Å². The number of amides is 2. The predicted molar refractivity (Wildman–Crippen MR) is 115 cm³/mol. The summed E-state index contributed by atoms with van der Waals surface area (Å²) in [5, 5.41) is 5.13. The standard InChI is InChI=1S/C22H18F2N4O3S/c23-17-2-1-8-26-21(17)13-3-5-15(6-4-13)27-9-7-16-10-14-11-18(24)20(32(25,30)31)12-19(14)28(16)22(27)29/h1-6,8,11-12,16H,7,9-10H2,(H2,25,30,31). The van der Waals surface area contributed by atoms with Crippen molar-refractivity contribution >= 4 is 27.4 Å². The van der Waals surface area contributed by atoms with Gasteiger partial charge in [0.05, 0.1) is 5.69 Å². The first kappa shape index (κ1) is 20.5. The molecule has 2 aliphatic heterocycles. The second-order valence-corrected chi connectivity index (χ2v) is 9.32. The van der Waals surface area contributed by atoms with Crippen molar-refractivity contribution in [1.82, 2.24) is 4.98 Å². The Kier molecular flexibility index (Phi) is 4.72. The molecule has 1 aromatic heterocycles. The number of benzene rings is 2. The lowest BCUT2D eigenvalue weighted by atomic mass is 10.1. The molecular formula is C22H18F2N4O3S. The number of fused-ring (bicyclic) bond motifs is 3. The molecule has 0 aliphatic carbocycles. The number of urea groups is 1. The van der Waals surface area contributed by atoms with Crippen LogP contribution in [-0.2, 0) is 16.4 Å². The van der Waals surface area contributed by atoms with Crippen molar-refractivity contribution in [2.45, 2.75) is 23.8 Å². The van der Waals surface area contributed by atoms with Gasteiger partial charge in [-0.1, -0.05) is 12.1 Å². The molecule has 2 N–H and O–H groups in total. The largest absolute Gasteiger partial charge is 0.329 e. The van der Waals surface area contributed by atoms with Gasteiger partial charge in [-0.3, -0.25) is 14.8 Å². The molecule has 1 fully saturated rings. The van der Waals surface area contributed by atoms with Crippen LogP contribution in [-0.4, -0.2) is 32.0 Å². The van der Waals surface area contributed by atoms with Crippen molar-refractivity contribution in [3.8, 4) is 11.3 Å². The summed E-state index contributed by atoms with van der Waals surface area (Å²) >= 11 is 0. The van der Waals surface area contributed by atoms with Crippen molar-refractivity contribution in [3.63, 3.8) is 0 Å². The number of primary sulfonamides is 1. The summed E-state index contributed by atoms with van der Waals surface area (Å²) in [6.07, 6.45) is 2.56. The molecule has 32 heavy (non-hydrogen) atoms. The molecule has 1 unspecified atom stereocenters. The molecule has 2 aliphatic rings. The van der Waals surface area contributed by atoms with E-state index in [2.05, 4.69) is 4.98 Å². The van der Waals surface area contributed by atoms with Gasteiger partial charge in [0.25, 0.3) is 0 Å². The van der Waals surface area contributed by atoms with Gasteiger partial charge in [0.1, 0.15) is 22.2 Å². The van der Waals surface area contributed by atoms with Gasteiger partial charge < -0.3 is 0 Å². The van der Waals surface area contributed by atoms with Crippen LogP contribution in [0.5, 0.6) is 0 Å². The summed E-state index contributed by atoms with van der Waals surface area (Å²) < 4.78 is 51.8. The normalized spacial score (nSPS) is 18.0. The Morgan fingerprint density at radius 2 is 1.81 bits per heavy atom. The maximum atomic E-state index is 14.3. The van der Waals surface area contributed by atoms with Crippen molar-refractivity contribution in [1.29, 1.82) is 0 Å². The summed E-state index contributed by atoms with van der Waals surface area (Å²) in [6.45, 7) is 0.440. The number of nitrogens with two attached hydrogens (primary N) is 1. The molecule has 1 atom stereocenters. The fourth-order valence-corrected chi connectivity index (χ4v) is 4.97. The molecule has 0 saturated carbocycles. The van der Waals surface area contributed by atoms with Crippen LogP contribution < -0.4 is 14.9 Å². The van der Waals surface area contributed by atoms with Crippen LogP contribution in [0.1, 0.15) is 12.0 Å². The second kappa shape index (κ2) is 7.35. The number of rotatable bonds is 3. The van der Waals surface area contributed by atoms with E-state index in [1.54, 1.807) is 29.2 Å². The maximum Gasteiger partial charge on any atom is 0.329 e. The molecule has 0 radical (unpaired) electrons. The second-order valence-electron chi connectivity index (χ2n) is 7.79. The number of anilines is 2.